The van der Waals surface area contributed by atoms with Crippen molar-refractivity contribution in [2.45, 2.75) is 33.1 Å². The van der Waals surface area contributed by atoms with E-state index in [0.29, 0.717) is 5.41 Å². The van der Waals surface area contributed by atoms with Crippen molar-refractivity contribution >= 4 is 11.8 Å². The van der Waals surface area contributed by atoms with Crippen molar-refractivity contribution in [3.05, 3.63) is 45.5 Å². The van der Waals surface area contributed by atoms with Gasteiger partial charge in [0.2, 0.25) is 0 Å². The molecule has 2 fully saturated rings. The fourth-order valence-corrected chi connectivity index (χ4v) is 3.86. The van der Waals surface area contributed by atoms with Crippen LogP contribution < -0.4 is 0 Å². The Morgan fingerprint density at radius 3 is 2.47 bits per heavy atom. The first-order valence-corrected chi connectivity index (χ1v) is 6.95. The Kier molecular flexibility index (Phi) is 2.73. The van der Waals surface area contributed by atoms with Gasteiger partial charge < -0.3 is 0 Å². The number of nitrogens with zero attached hydrogens (tertiary/aromatic N) is 1. The van der Waals surface area contributed by atoms with E-state index in [1.807, 2.05) is 12.1 Å². The van der Waals surface area contributed by atoms with Gasteiger partial charge in [-0.25, -0.2) is 0 Å². The lowest BCUT2D eigenvalue weighted by Crippen LogP contribution is -2.22. The molecule has 3 heteroatoms. The maximum absolute atomic E-state index is 10.7. The molecule has 0 aliphatic heterocycles. The maximum atomic E-state index is 10.7. The van der Waals surface area contributed by atoms with Crippen LogP contribution in [0.2, 0.25) is 0 Å². The molecule has 0 N–H and O–H groups in total. The minimum atomic E-state index is -0.349. The molecule has 2 aliphatic carbocycles. The largest absolute Gasteiger partial charge is 0.269 e. The minimum Gasteiger partial charge on any atom is -0.258 e. The molecule has 0 aromatic heterocycles. The Bertz CT molecular complexity index is 542. The molecule has 19 heavy (non-hydrogen) atoms. The molecule has 0 heterocycles. The first-order chi connectivity index (χ1) is 8.98. The van der Waals surface area contributed by atoms with Gasteiger partial charge >= 0.3 is 0 Å². The summed E-state index contributed by atoms with van der Waals surface area (Å²) in [5, 5.41) is 10.7. The van der Waals surface area contributed by atoms with Gasteiger partial charge in [-0.15, -0.1) is 0 Å². The van der Waals surface area contributed by atoms with Crippen LogP contribution in [0.5, 0.6) is 0 Å². The average molecular weight is 257 g/mol. The lowest BCUT2D eigenvalue weighted by molar-refractivity contribution is -0.384. The average Bonchev–Trinajstić information content (AvgIpc) is 2.92. The third-order valence-electron chi connectivity index (χ3n) is 5.06. The van der Waals surface area contributed by atoms with Gasteiger partial charge in [0.05, 0.1) is 4.92 Å². The highest BCUT2D eigenvalue weighted by molar-refractivity contribution is 5.58. The van der Waals surface area contributed by atoms with E-state index in [1.165, 1.54) is 24.8 Å². The minimum absolute atomic E-state index is 0.161. The number of fused-ring (bicyclic) bond motifs is 2. The molecule has 2 aliphatic rings. The van der Waals surface area contributed by atoms with Gasteiger partial charge in [-0.05, 0) is 54.2 Å². The van der Waals surface area contributed by atoms with Crippen molar-refractivity contribution in [1.29, 1.82) is 0 Å². The van der Waals surface area contributed by atoms with Gasteiger partial charge in [0.1, 0.15) is 0 Å². The van der Waals surface area contributed by atoms with Crippen molar-refractivity contribution in [3.8, 4) is 0 Å². The lowest BCUT2D eigenvalue weighted by atomic mass is 9.72. The van der Waals surface area contributed by atoms with Crippen molar-refractivity contribution in [3.63, 3.8) is 0 Å². The second-order valence-corrected chi connectivity index (χ2v) is 6.38. The third-order valence-corrected chi connectivity index (χ3v) is 5.06. The normalized spacial score (nSPS) is 29.9. The smallest absolute Gasteiger partial charge is 0.258 e. The monoisotopic (exact) mass is 257 g/mol. The number of nitro benzene ring substituents is 1. The summed E-state index contributed by atoms with van der Waals surface area (Å²) in [5.74, 6) is 1.55. The molecule has 2 saturated carbocycles. The van der Waals surface area contributed by atoms with Gasteiger partial charge in [0.15, 0.2) is 0 Å². The fourth-order valence-electron chi connectivity index (χ4n) is 3.86. The van der Waals surface area contributed by atoms with Gasteiger partial charge in [0, 0.05) is 12.1 Å². The van der Waals surface area contributed by atoms with Crippen LogP contribution in [0.15, 0.2) is 29.8 Å². The summed E-state index contributed by atoms with van der Waals surface area (Å²) in [6, 6.07) is 6.89. The van der Waals surface area contributed by atoms with E-state index >= 15 is 0 Å². The quantitative estimate of drug-likeness (QED) is 0.581. The Morgan fingerprint density at radius 1 is 1.26 bits per heavy atom. The summed E-state index contributed by atoms with van der Waals surface area (Å²) in [7, 11) is 0. The Morgan fingerprint density at radius 2 is 1.95 bits per heavy atom. The van der Waals surface area contributed by atoms with Gasteiger partial charge in [-0.3, -0.25) is 10.1 Å². The second-order valence-electron chi connectivity index (χ2n) is 6.38. The molecule has 100 valence electrons. The van der Waals surface area contributed by atoms with Crippen LogP contribution in [0.1, 0.15) is 38.7 Å². The zero-order valence-corrected chi connectivity index (χ0v) is 11.4. The molecule has 2 atom stereocenters. The predicted octanol–water partition coefficient (Wildman–Crippen LogP) is 4.43. The van der Waals surface area contributed by atoms with Crippen LogP contribution in [-0.4, -0.2) is 4.92 Å². The molecule has 2 bridgehead atoms. The molecule has 0 spiro atoms. The number of non-ortho nitro benzene ring substituents is 1. The molecule has 0 saturated heterocycles. The van der Waals surface area contributed by atoms with E-state index in [1.54, 1.807) is 12.1 Å². The molecule has 1 aromatic rings. The van der Waals surface area contributed by atoms with Gasteiger partial charge in [-0.2, -0.15) is 0 Å². The van der Waals surface area contributed by atoms with Crippen LogP contribution in [0.3, 0.4) is 0 Å². The standard InChI is InChI=1S/C16H19NO2/c1-16(2)13-6-5-12(10-13)15(16)9-11-3-7-14(8-4-11)17(18)19/h3-4,7-9,12-13H,5-6,10H2,1-2H3/b15-9+/t12-,13+/m0/s1. The summed E-state index contributed by atoms with van der Waals surface area (Å²) in [5.41, 5.74) is 3.08. The van der Waals surface area contributed by atoms with E-state index in [4.69, 9.17) is 0 Å². The van der Waals surface area contributed by atoms with E-state index in [9.17, 15) is 10.1 Å². The highest BCUT2D eigenvalue weighted by atomic mass is 16.6. The number of nitro groups is 1. The van der Waals surface area contributed by atoms with E-state index < -0.39 is 0 Å². The van der Waals surface area contributed by atoms with Crippen molar-refractivity contribution < 1.29 is 4.92 Å². The maximum Gasteiger partial charge on any atom is 0.269 e. The van der Waals surface area contributed by atoms with Gasteiger partial charge in [-0.1, -0.05) is 25.5 Å². The molecule has 0 unspecified atom stereocenters. The number of allylic oxidation sites excluding steroid dienone is 1. The first kappa shape index (κ1) is 12.4. The molecule has 1 aromatic carbocycles. The van der Waals surface area contributed by atoms with Crippen molar-refractivity contribution in [2.75, 3.05) is 0 Å². The van der Waals surface area contributed by atoms with Crippen LogP contribution in [-0.2, 0) is 0 Å². The highest BCUT2D eigenvalue weighted by Gasteiger charge is 2.48. The third kappa shape index (κ3) is 1.97. The Labute approximate surface area is 113 Å². The zero-order chi connectivity index (χ0) is 13.6. The van der Waals surface area contributed by atoms with Crippen LogP contribution in [0.25, 0.3) is 6.08 Å². The number of hydrogen-bond donors (Lipinski definition) is 0. The Balaban J connectivity index is 1.91. The fraction of sp³-hybridized carbons (Fsp3) is 0.500. The van der Waals surface area contributed by atoms with E-state index in [-0.39, 0.29) is 10.6 Å². The lowest BCUT2D eigenvalue weighted by Gasteiger charge is -2.32. The molecule has 3 nitrogen and oxygen atoms in total. The number of benzene rings is 1. The van der Waals surface area contributed by atoms with Crippen LogP contribution >= 0.6 is 0 Å². The predicted molar refractivity (Wildman–Crippen MR) is 75.7 cm³/mol. The summed E-state index contributed by atoms with van der Waals surface area (Å²) in [4.78, 5) is 10.3. The van der Waals surface area contributed by atoms with Crippen molar-refractivity contribution in [1.82, 2.24) is 0 Å². The Hall–Kier alpha value is -1.64. The molecule has 0 amide bonds. The topological polar surface area (TPSA) is 43.1 Å². The summed E-state index contributed by atoms with van der Waals surface area (Å²) >= 11 is 0. The molecule has 0 radical (unpaired) electrons. The zero-order valence-electron chi connectivity index (χ0n) is 11.4. The summed E-state index contributed by atoms with van der Waals surface area (Å²) in [6.45, 7) is 4.68. The summed E-state index contributed by atoms with van der Waals surface area (Å²) in [6.07, 6.45) is 6.25. The molecular weight excluding hydrogens is 238 g/mol. The molecule has 3 rings (SSSR count). The second kappa shape index (κ2) is 4.19. The van der Waals surface area contributed by atoms with E-state index in [0.717, 1.165) is 17.4 Å². The number of rotatable bonds is 2. The van der Waals surface area contributed by atoms with E-state index in [2.05, 4.69) is 19.9 Å². The molecular formula is C16H19NO2. The van der Waals surface area contributed by atoms with Gasteiger partial charge in [0.25, 0.3) is 5.69 Å². The van der Waals surface area contributed by atoms with Crippen molar-refractivity contribution in [2.24, 2.45) is 17.3 Å². The number of hydrogen-bond acceptors (Lipinski definition) is 2. The SMILES string of the molecule is CC1(C)/C(=C/c2ccc([N+](=O)[O-])cc2)[C@H]2CC[C@@H]1C2. The van der Waals surface area contributed by atoms with Crippen LogP contribution in [0, 0.1) is 27.4 Å². The first-order valence-electron chi connectivity index (χ1n) is 6.95. The van der Waals surface area contributed by atoms with Crippen LogP contribution in [0.4, 0.5) is 5.69 Å². The summed E-state index contributed by atoms with van der Waals surface area (Å²) < 4.78 is 0. The highest BCUT2D eigenvalue weighted by Crippen LogP contribution is 2.59.